The lowest BCUT2D eigenvalue weighted by molar-refractivity contribution is -0.136. The fourth-order valence-electron chi connectivity index (χ4n) is 1.63. The van der Waals surface area contributed by atoms with Crippen molar-refractivity contribution < 1.29 is 14.3 Å². The van der Waals surface area contributed by atoms with Crippen LogP contribution in [-0.2, 0) is 11.2 Å². The van der Waals surface area contributed by atoms with Gasteiger partial charge in [0.25, 0.3) is 0 Å². The number of rotatable bonds is 3. The van der Waals surface area contributed by atoms with Gasteiger partial charge in [0, 0.05) is 16.8 Å². The van der Waals surface area contributed by atoms with Crippen molar-refractivity contribution in [2.24, 2.45) is 0 Å². The first kappa shape index (κ1) is 13.8. The monoisotopic (exact) mass is 299 g/mol. The second-order valence-corrected chi connectivity index (χ2v) is 4.71. The van der Waals surface area contributed by atoms with Crippen LogP contribution < -0.4 is 0 Å². The lowest BCUT2D eigenvalue weighted by Gasteiger charge is -2.06. The Morgan fingerprint density at radius 1 is 1.32 bits per heavy atom. The smallest absolute Gasteiger partial charge is 0.307 e. The first-order valence-electron chi connectivity index (χ1n) is 5.29. The molecule has 19 heavy (non-hydrogen) atoms. The standard InChI is InChI=1S/C13H8Cl2FNO2/c14-8-1-2-9(10(15)5-8)13-11(16)3-7(6-17-13)4-12(18)19/h1-3,5-6H,4H2,(H,18,19). The van der Waals surface area contributed by atoms with Gasteiger partial charge in [0.1, 0.15) is 11.5 Å². The van der Waals surface area contributed by atoms with Gasteiger partial charge >= 0.3 is 5.97 Å². The summed E-state index contributed by atoms with van der Waals surface area (Å²) < 4.78 is 13.9. The molecule has 1 N–H and O–H groups in total. The number of hydrogen-bond donors (Lipinski definition) is 1. The maximum absolute atomic E-state index is 13.9. The average molecular weight is 300 g/mol. The van der Waals surface area contributed by atoms with Crippen molar-refractivity contribution in [2.75, 3.05) is 0 Å². The van der Waals surface area contributed by atoms with E-state index >= 15 is 0 Å². The van der Waals surface area contributed by atoms with Crippen LogP contribution in [0.3, 0.4) is 0 Å². The molecule has 98 valence electrons. The molecular weight excluding hydrogens is 292 g/mol. The summed E-state index contributed by atoms with van der Waals surface area (Å²) >= 11 is 11.7. The van der Waals surface area contributed by atoms with Crippen molar-refractivity contribution in [1.29, 1.82) is 0 Å². The Hall–Kier alpha value is -1.65. The molecule has 0 bridgehead atoms. The predicted molar refractivity (Wildman–Crippen MR) is 71.0 cm³/mol. The third-order valence-electron chi connectivity index (χ3n) is 2.44. The van der Waals surface area contributed by atoms with Crippen LogP contribution >= 0.6 is 23.2 Å². The zero-order valence-electron chi connectivity index (χ0n) is 9.53. The first-order valence-corrected chi connectivity index (χ1v) is 6.04. The Morgan fingerprint density at radius 3 is 2.63 bits per heavy atom. The van der Waals surface area contributed by atoms with Gasteiger partial charge in [0.2, 0.25) is 0 Å². The van der Waals surface area contributed by atoms with E-state index in [1.54, 1.807) is 12.1 Å². The number of carboxylic acid groups (broad SMARTS) is 1. The summed E-state index contributed by atoms with van der Waals surface area (Å²) in [5, 5.41) is 9.36. The molecule has 0 saturated carbocycles. The van der Waals surface area contributed by atoms with Gasteiger partial charge in [-0.05, 0) is 29.8 Å². The van der Waals surface area contributed by atoms with E-state index in [0.717, 1.165) is 6.07 Å². The number of carboxylic acids is 1. The molecule has 3 nitrogen and oxygen atoms in total. The number of aromatic nitrogens is 1. The summed E-state index contributed by atoms with van der Waals surface area (Å²) in [7, 11) is 0. The highest BCUT2D eigenvalue weighted by Crippen LogP contribution is 2.30. The molecule has 1 aromatic carbocycles. The van der Waals surface area contributed by atoms with Crippen molar-refractivity contribution in [3.8, 4) is 11.3 Å². The van der Waals surface area contributed by atoms with Crippen molar-refractivity contribution in [2.45, 2.75) is 6.42 Å². The number of benzene rings is 1. The van der Waals surface area contributed by atoms with Gasteiger partial charge in [-0.3, -0.25) is 9.78 Å². The van der Waals surface area contributed by atoms with Crippen molar-refractivity contribution in [3.05, 3.63) is 51.9 Å². The summed E-state index contributed by atoms with van der Waals surface area (Å²) in [5.41, 5.74) is 0.764. The van der Waals surface area contributed by atoms with Gasteiger partial charge in [-0.1, -0.05) is 23.2 Å². The van der Waals surface area contributed by atoms with E-state index in [1.807, 2.05) is 0 Å². The minimum absolute atomic E-state index is 0.0656. The number of pyridine rings is 1. The van der Waals surface area contributed by atoms with Gasteiger partial charge in [-0.2, -0.15) is 0 Å². The van der Waals surface area contributed by atoms with E-state index in [1.165, 1.54) is 12.3 Å². The highest BCUT2D eigenvalue weighted by molar-refractivity contribution is 6.36. The Morgan fingerprint density at radius 2 is 2.05 bits per heavy atom. The van der Waals surface area contributed by atoms with Gasteiger partial charge < -0.3 is 5.11 Å². The minimum atomic E-state index is -1.04. The van der Waals surface area contributed by atoms with E-state index < -0.39 is 11.8 Å². The SMILES string of the molecule is O=C(O)Cc1cnc(-c2ccc(Cl)cc2Cl)c(F)c1. The van der Waals surface area contributed by atoms with E-state index in [2.05, 4.69) is 4.98 Å². The molecule has 0 amide bonds. The zero-order chi connectivity index (χ0) is 14.0. The van der Waals surface area contributed by atoms with Gasteiger partial charge in [0.15, 0.2) is 0 Å². The quantitative estimate of drug-likeness (QED) is 0.937. The normalized spacial score (nSPS) is 10.5. The fraction of sp³-hybridized carbons (Fsp3) is 0.0769. The Bertz CT molecular complexity index is 647. The van der Waals surface area contributed by atoms with Crippen molar-refractivity contribution >= 4 is 29.2 Å². The topological polar surface area (TPSA) is 50.2 Å². The summed E-state index contributed by atoms with van der Waals surface area (Å²) in [6, 6.07) is 5.77. The molecule has 0 saturated heterocycles. The number of halogens is 3. The Kier molecular flexibility index (Phi) is 4.02. The van der Waals surface area contributed by atoms with Crippen LogP contribution in [0.1, 0.15) is 5.56 Å². The Balaban J connectivity index is 2.43. The fourth-order valence-corrected chi connectivity index (χ4v) is 2.13. The third kappa shape index (κ3) is 3.22. The zero-order valence-corrected chi connectivity index (χ0v) is 11.0. The van der Waals surface area contributed by atoms with Gasteiger partial charge in [0.05, 0.1) is 11.4 Å². The molecule has 2 aromatic rings. The number of hydrogen-bond acceptors (Lipinski definition) is 2. The maximum Gasteiger partial charge on any atom is 0.307 e. The molecular formula is C13H8Cl2FNO2. The van der Waals surface area contributed by atoms with Gasteiger partial charge in [-0.25, -0.2) is 4.39 Å². The molecule has 6 heteroatoms. The predicted octanol–water partition coefficient (Wildman–Crippen LogP) is 3.82. The molecule has 0 unspecified atom stereocenters. The van der Waals surface area contributed by atoms with Crippen molar-refractivity contribution in [1.82, 2.24) is 4.98 Å². The van der Waals surface area contributed by atoms with Gasteiger partial charge in [-0.15, -0.1) is 0 Å². The van der Waals surface area contributed by atoms with Crippen molar-refractivity contribution in [3.63, 3.8) is 0 Å². The van der Waals surface area contributed by atoms with Crippen LogP contribution in [0, 0.1) is 5.82 Å². The van der Waals surface area contributed by atoms with Crippen LogP contribution in [0.2, 0.25) is 10.0 Å². The summed E-state index contributed by atoms with van der Waals surface area (Å²) in [4.78, 5) is 14.5. The lowest BCUT2D eigenvalue weighted by Crippen LogP contribution is -2.02. The maximum atomic E-state index is 13.9. The first-order chi connectivity index (χ1) is 8.97. The number of nitrogens with zero attached hydrogens (tertiary/aromatic N) is 1. The molecule has 0 aliphatic carbocycles. The second-order valence-electron chi connectivity index (χ2n) is 3.87. The molecule has 0 spiro atoms. The lowest BCUT2D eigenvalue weighted by atomic mass is 10.1. The summed E-state index contributed by atoms with van der Waals surface area (Å²) in [5.74, 6) is -1.67. The average Bonchev–Trinajstić information content (AvgIpc) is 2.30. The molecule has 0 aliphatic rings. The highest BCUT2D eigenvalue weighted by Gasteiger charge is 2.12. The molecule has 2 rings (SSSR count). The molecule has 0 atom stereocenters. The second kappa shape index (κ2) is 5.55. The van der Waals surface area contributed by atoms with E-state index in [-0.39, 0.29) is 17.1 Å². The molecule has 0 radical (unpaired) electrons. The summed E-state index contributed by atoms with van der Waals surface area (Å²) in [6.07, 6.45) is 1.04. The molecule has 0 aliphatic heterocycles. The van der Waals surface area contributed by atoms with Crippen LogP contribution in [-0.4, -0.2) is 16.1 Å². The number of carbonyl (C=O) groups is 1. The summed E-state index contributed by atoms with van der Waals surface area (Å²) in [6.45, 7) is 0. The van der Waals surface area contributed by atoms with Crippen LogP contribution in [0.15, 0.2) is 30.5 Å². The minimum Gasteiger partial charge on any atom is -0.481 e. The highest BCUT2D eigenvalue weighted by atomic mass is 35.5. The molecule has 0 fully saturated rings. The number of aliphatic carboxylic acids is 1. The van der Waals surface area contributed by atoms with Crippen LogP contribution in [0.4, 0.5) is 4.39 Å². The van der Waals surface area contributed by atoms with E-state index in [9.17, 15) is 9.18 Å². The van der Waals surface area contributed by atoms with E-state index in [0.29, 0.717) is 16.1 Å². The molecule has 1 aromatic heterocycles. The molecule has 1 heterocycles. The van der Waals surface area contributed by atoms with Crippen LogP contribution in [0.25, 0.3) is 11.3 Å². The van der Waals surface area contributed by atoms with E-state index in [4.69, 9.17) is 28.3 Å². The van der Waals surface area contributed by atoms with Crippen LogP contribution in [0.5, 0.6) is 0 Å². The Labute approximate surface area is 118 Å². The largest absolute Gasteiger partial charge is 0.481 e. The third-order valence-corrected chi connectivity index (χ3v) is 2.99.